The molecule has 3 heterocycles. The van der Waals surface area contributed by atoms with Gasteiger partial charge in [-0.2, -0.15) is 0 Å². The van der Waals surface area contributed by atoms with Gasteiger partial charge >= 0.3 is 0 Å². The number of fused-ring (bicyclic) bond motifs is 1. The minimum Gasteiger partial charge on any atom is -0.457 e. The molecule has 0 saturated carbocycles. The first-order valence-corrected chi connectivity index (χ1v) is 11.5. The van der Waals surface area contributed by atoms with E-state index in [-0.39, 0.29) is 17.8 Å². The standard InChI is InChI=1S/C25H24ClN5O2/c26-13-22(32)31-11-5-7-18(15-31)30-25-23-21(14-27-24(23)28-16-29-25)17-6-4-10-20(12-17)33-19-8-2-1-3-9-19/h1-4,6,8-10,12,14,16,18H,5,7,11,13,15H2,(H2,27,28,29,30). The molecule has 0 spiro atoms. The van der Waals surface area contributed by atoms with Crippen LogP contribution < -0.4 is 10.1 Å². The maximum Gasteiger partial charge on any atom is 0.237 e. The topological polar surface area (TPSA) is 83.1 Å². The fraction of sp³-hybridized carbons (Fsp3) is 0.240. The molecule has 8 heteroatoms. The van der Waals surface area contributed by atoms with Gasteiger partial charge in [0.1, 0.15) is 35.2 Å². The van der Waals surface area contributed by atoms with Gasteiger partial charge in [-0.1, -0.05) is 30.3 Å². The fourth-order valence-electron chi connectivity index (χ4n) is 4.25. The van der Waals surface area contributed by atoms with E-state index in [0.717, 1.165) is 58.9 Å². The molecule has 5 rings (SSSR count). The smallest absolute Gasteiger partial charge is 0.237 e. The first-order valence-electron chi connectivity index (χ1n) is 11.0. The van der Waals surface area contributed by atoms with Crippen molar-refractivity contribution in [3.05, 3.63) is 67.1 Å². The number of carbonyl (C=O) groups excluding carboxylic acids is 1. The van der Waals surface area contributed by atoms with E-state index in [1.807, 2.05) is 65.7 Å². The van der Waals surface area contributed by atoms with E-state index in [1.165, 1.54) is 0 Å². The second kappa shape index (κ2) is 9.50. The molecule has 0 radical (unpaired) electrons. The summed E-state index contributed by atoms with van der Waals surface area (Å²) in [6.45, 7) is 1.35. The number of rotatable bonds is 6. The molecule has 0 aliphatic carbocycles. The van der Waals surface area contributed by atoms with E-state index in [9.17, 15) is 4.79 Å². The highest BCUT2D eigenvalue weighted by atomic mass is 35.5. The molecular weight excluding hydrogens is 438 g/mol. The molecule has 33 heavy (non-hydrogen) atoms. The van der Waals surface area contributed by atoms with Crippen molar-refractivity contribution >= 4 is 34.4 Å². The molecule has 4 aromatic rings. The molecule has 1 amide bonds. The van der Waals surface area contributed by atoms with Crippen LogP contribution in [0.3, 0.4) is 0 Å². The van der Waals surface area contributed by atoms with E-state index >= 15 is 0 Å². The van der Waals surface area contributed by atoms with Crippen LogP contribution in [0.25, 0.3) is 22.2 Å². The van der Waals surface area contributed by atoms with Crippen molar-refractivity contribution in [2.24, 2.45) is 0 Å². The Morgan fingerprint density at radius 1 is 1.15 bits per heavy atom. The lowest BCUT2D eigenvalue weighted by Crippen LogP contribution is -2.45. The number of ether oxygens (including phenoxy) is 1. The predicted octanol–water partition coefficient (Wildman–Crippen LogP) is 5.06. The number of anilines is 1. The largest absolute Gasteiger partial charge is 0.457 e. The van der Waals surface area contributed by atoms with Crippen LogP contribution >= 0.6 is 11.6 Å². The minimum atomic E-state index is -0.0337. The number of alkyl halides is 1. The van der Waals surface area contributed by atoms with Gasteiger partial charge in [0, 0.05) is 30.9 Å². The van der Waals surface area contributed by atoms with Crippen LogP contribution in [0.1, 0.15) is 12.8 Å². The van der Waals surface area contributed by atoms with Crippen molar-refractivity contribution in [1.29, 1.82) is 0 Å². The van der Waals surface area contributed by atoms with Crippen LogP contribution in [0.15, 0.2) is 67.1 Å². The molecule has 1 aliphatic heterocycles. The number of hydrogen-bond donors (Lipinski definition) is 2. The SMILES string of the molecule is O=C(CCl)N1CCCC(Nc2ncnc3[nH]cc(-c4cccc(Oc5ccccc5)c4)c23)C1. The lowest BCUT2D eigenvalue weighted by atomic mass is 10.0. The van der Waals surface area contributed by atoms with Gasteiger partial charge in [0.05, 0.1) is 5.39 Å². The van der Waals surface area contributed by atoms with Gasteiger partial charge in [0.25, 0.3) is 0 Å². The van der Waals surface area contributed by atoms with Crippen molar-refractivity contribution in [3.8, 4) is 22.6 Å². The third kappa shape index (κ3) is 4.64. The van der Waals surface area contributed by atoms with Crippen molar-refractivity contribution in [2.75, 3.05) is 24.3 Å². The number of H-pyrrole nitrogens is 1. The highest BCUT2D eigenvalue weighted by Crippen LogP contribution is 2.35. The molecule has 1 saturated heterocycles. The number of halogens is 1. The van der Waals surface area contributed by atoms with Crippen LogP contribution in [-0.4, -0.2) is 50.8 Å². The van der Waals surface area contributed by atoms with Crippen LogP contribution in [0.5, 0.6) is 11.5 Å². The Labute approximate surface area is 196 Å². The van der Waals surface area contributed by atoms with Gasteiger partial charge in [-0.3, -0.25) is 4.79 Å². The van der Waals surface area contributed by atoms with E-state index in [1.54, 1.807) is 6.33 Å². The normalized spacial score (nSPS) is 16.0. The first-order chi connectivity index (χ1) is 16.2. The number of benzene rings is 2. The lowest BCUT2D eigenvalue weighted by molar-refractivity contribution is -0.129. The second-order valence-corrected chi connectivity index (χ2v) is 8.32. The minimum absolute atomic E-state index is 0.00776. The first kappa shape index (κ1) is 21.3. The zero-order chi connectivity index (χ0) is 22.6. The van der Waals surface area contributed by atoms with Gasteiger partial charge in [0.15, 0.2) is 0 Å². The zero-order valence-corrected chi connectivity index (χ0v) is 18.8. The molecule has 1 fully saturated rings. The third-order valence-electron chi connectivity index (χ3n) is 5.82. The van der Waals surface area contributed by atoms with Gasteiger partial charge in [-0.05, 0) is 42.7 Å². The fourth-order valence-corrected chi connectivity index (χ4v) is 4.42. The zero-order valence-electron chi connectivity index (χ0n) is 18.0. The van der Waals surface area contributed by atoms with Crippen molar-refractivity contribution < 1.29 is 9.53 Å². The Bertz CT molecular complexity index is 1260. The Hall–Kier alpha value is -3.58. The number of aromatic nitrogens is 3. The Balaban J connectivity index is 1.44. The monoisotopic (exact) mass is 461 g/mol. The van der Waals surface area contributed by atoms with Gasteiger partial charge in [-0.15, -0.1) is 11.6 Å². The van der Waals surface area contributed by atoms with Crippen molar-refractivity contribution in [1.82, 2.24) is 19.9 Å². The van der Waals surface area contributed by atoms with E-state index in [0.29, 0.717) is 6.54 Å². The molecule has 1 aliphatic rings. The predicted molar refractivity (Wildman–Crippen MR) is 130 cm³/mol. The number of amides is 1. The summed E-state index contributed by atoms with van der Waals surface area (Å²) in [5.41, 5.74) is 2.73. The average molecular weight is 462 g/mol. The Kier molecular flexibility index (Phi) is 6.13. The highest BCUT2D eigenvalue weighted by molar-refractivity contribution is 6.27. The number of nitrogens with one attached hydrogen (secondary N) is 2. The van der Waals surface area contributed by atoms with Gasteiger partial charge in [-0.25, -0.2) is 9.97 Å². The van der Waals surface area contributed by atoms with E-state index < -0.39 is 0 Å². The van der Waals surface area contributed by atoms with Gasteiger partial charge < -0.3 is 19.9 Å². The molecule has 0 bridgehead atoms. The Morgan fingerprint density at radius 2 is 2.00 bits per heavy atom. The summed E-state index contributed by atoms with van der Waals surface area (Å²) < 4.78 is 6.02. The highest BCUT2D eigenvalue weighted by Gasteiger charge is 2.24. The van der Waals surface area contributed by atoms with Crippen LogP contribution in [-0.2, 0) is 4.79 Å². The molecule has 1 unspecified atom stereocenters. The quantitative estimate of drug-likeness (QED) is 0.392. The van der Waals surface area contributed by atoms with Crippen LogP contribution in [0, 0.1) is 0 Å². The van der Waals surface area contributed by atoms with E-state index in [4.69, 9.17) is 16.3 Å². The lowest BCUT2D eigenvalue weighted by Gasteiger charge is -2.33. The summed E-state index contributed by atoms with van der Waals surface area (Å²) in [6, 6.07) is 17.8. The molecule has 2 N–H and O–H groups in total. The second-order valence-electron chi connectivity index (χ2n) is 8.05. The van der Waals surface area contributed by atoms with E-state index in [2.05, 4.69) is 20.3 Å². The molecule has 2 aromatic heterocycles. The van der Waals surface area contributed by atoms with Crippen LogP contribution in [0.2, 0.25) is 0 Å². The molecule has 2 aromatic carbocycles. The number of likely N-dealkylation sites (tertiary alicyclic amines) is 1. The summed E-state index contributed by atoms with van der Waals surface area (Å²) in [5, 5.41) is 4.46. The summed E-state index contributed by atoms with van der Waals surface area (Å²) in [6.07, 6.45) is 5.37. The number of para-hydroxylation sites is 1. The number of carbonyl (C=O) groups is 1. The summed E-state index contributed by atoms with van der Waals surface area (Å²) in [7, 11) is 0. The number of nitrogens with zero attached hydrogens (tertiary/aromatic N) is 3. The van der Waals surface area contributed by atoms with Crippen molar-refractivity contribution in [2.45, 2.75) is 18.9 Å². The number of hydrogen-bond acceptors (Lipinski definition) is 5. The summed E-state index contributed by atoms with van der Waals surface area (Å²) in [4.78, 5) is 26.1. The number of aromatic amines is 1. The average Bonchev–Trinajstić information content (AvgIpc) is 3.30. The maximum absolute atomic E-state index is 12.1. The number of piperidine rings is 1. The molecular formula is C25H24ClN5O2. The van der Waals surface area contributed by atoms with Crippen molar-refractivity contribution in [3.63, 3.8) is 0 Å². The maximum atomic E-state index is 12.1. The van der Waals surface area contributed by atoms with Crippen LogP contribution in [0.4, 0.5) is 5.82 Å². The Morgan fingerprint density at radius 3 is 2.85 bits per heavy atom. The summed E-state index contributed by atoms with van der Waals surface area (Å²) in [5.74, 6) is 2.26. The molecule has 168 valence electrons. The third-order valence-corrected chi connectivity index (χ3v) is 6.05. The molecule has 7 nitrogen and oxygen atoms in total. The molecule has 1 atom stereocenters. The summed E-state index contributed by atoms with van der Waals surface area (Å²) >= 11 is 5.76. The van der Waals surface area contributed by atoms with Gasteiger partial charge in [0.2, 0.25) is 5.91 Å².